The molecule has 0 saturated carbocycles. The lowest BCUT2D eigenvalue weighted by molar-refractivity contribution is 0.00155. The van der Waals surface area contributed by atoms with Crippen LogP contribution in [-0.2, 0) is 4.74 Å². The van der Waals surface area contributed by atoms with Crippen LogP contribution in [0.5, 0.6) is 0 Å². The number of carbonyl (C=O) groups is 1. The number of likely N-dealkylation sites (tertiary alicyclic amines) is 1. The monoisotopic (exact) mass is 277 g/mol. The zero-order valence-electron chi connectivity index (χ0n) is 11.9. The molecule has 3 rings (SSSR count). The lowest BCUT2D eigenvalue weighted by Gasteiger charge is -2.34. The van der Waals surface area contributed by atoms with E-state index in [4.69, 9.17) is 4.74 Å². The van der Waals surface area contributed by atoms with Gasteiger partial charge in [-0.1, -0.05) is 6.07 Å². The van der Waals surface area contributed by atoms with E-state index in [1.165, 1.54) is 6.07 Å². The number of rotatable bonds is 1. The van der Waals surface area contributed by atoms with E-state index in [1.807, 2.05) is 0 Å². The van der Waals surface area contributed by atoms with Crippen molar-refractivity contribution in [2.24, 2.45) is 5.92 Å². The van der Waals surface area contributed by atoms with E-state index in [9.17, 15) is 9.18 Å². The first kappa shape index (κ1) is 13.6. The zero-order chi connectivity index (χ0) is 14.3. The third kappa shape index (κ3) is 2.44. The maximum Gasteiger partial charge on any atom is 0.254 e. The average molecular weight is 277 g/mol. The number of carbonyl (C=O) groups excluding carboxylic acids is 1. The normalized spacial score (nSPS) is 29.4. The predicted molar refractivity (Wildman–Crippen MR) is 74.1 cm³/mol. The average Bonchev–Trinajstić information content (AvgIpc) is 2.80. The van der Waals surface area contributed by atoms with E-state index in [1.54, 1.807) is 24.0 Å². The third-order valence-electron chi connectivity index (χ3n) is 4.44. The van der Waals surface area contributed by atoms with Gasteiger partial charge in [-0.25, -0.2) is 4.39 Å². The maximum absolute atomic E-state index is 13.6. The number of fused-ring (bicyclic) bond motifs is 1. The molecule has 3 atom stereocenters. The highest BCUT2D eigenvalue weighted by molar-refractivity contribution is 5.94. The lowest BCUT2D eigenvalue weighted by Crippen LogP contribution is -2.45. The van der Waals surface area contributed by atoms with Gasteiger partial charge in [-0.2, -0.15) is 0 Å². The van der Waals surface area contributed by atoms with Gasteiger partial charge in [0.15, 0.2) is 0 Å². The van der Waals surface area contributed by atoms with Gasteiger partial charge in [0, 0.05) is 18.7 Å². The number of halogens is 1. The van der Waals surface area contributed by atoms with Crippen molar-refractivity contribution < 1.29 is 13.9 Å². The van der Waals surface area contributed by atoms with Gasteiger partial charge in [-0.3, -0.25) is 4.79 Å². The summed E-state index contributed by atoms with van der Waals surface area (Å²) in [5, 5.41) is 0. The quantitative estimate of drug-likeness (QED) is 0.790. The summed E-state index contributed by atoms with van der Waals surface area (Å²) in [4.78, 5) is 14.2. The zero-order valence-corrected chi connectivity index (χ0v) is 11.9. The summed E-state index contributed by atoms with van der Waals surface area (Å²) in [6.45, 7) is 5.15. The number of hydrogen-bond donors (Lipinski definition) is 0. The van der Waals surface area contributed by atoms with Crippen molar-refractivity contribution >= 4 is 5.91 Å². The number of piperidine rings is 1. The molecule has 0 spiro atoms. The van der Waals surface area contributed by atoms with Crippen molar-refractivity contribution in [1.82, 2.24) is 4.90 Å². The summed E-state index contributed by atoms with van der Waals surface area (Å²) >= 11 is 0. The van der Waals surface area contributed by atoms with Crippen LogP contribution in [0.3, 0.4) is 0 Å². The van der Waals surface area contributed by atoms with E-state index >= 15 is 0 Å². The Morgan fingerprint density at radius 1 is 1.45 bits per heavy atom. The van der Waals surface area contributed by atoms with Crippen molar-refractivity contribution in [3.05, 3.63) is 35.1 Å². The highest BCUT2D eigenvalue weighted by Gasteiger charge is 2.38. The second-order valence-corrected chi connectivity index (χ2v) is 5.98. The minimum atomic E-state index is -0.323. The van der Waals surface area contributed by atoms with Crippen molar-refractivity contribution in [1.29, 1.82) is 0 Å². The first-order valence-corrected chi connectivity index (χ1v) is 7.25. The fraction of sp³-hybridized carbons (Fsp3) is 0.562. The molecule has 2 aliphatic heterocycles. The second-order valence-electron chi connectivity index (χ2n) is 5.98. The van der Waals surface area contributed by atoms with Crippen LogP contribution in [0.2, 0.25) is 0 Å². The van der Waals surface area contributed by atoms with Crippen LogP contribution in [0, 0.1) is 18.7 Å². The van der Waals surface area contributed by atoms with Crippen LogP contribution in [0.4, 0.5) is 4.39 Å². The van der Waals surface area contributed by atoms with Gasteiger partial charge < -0.3 is 9.64 Å². The van der Waals surface area contributed by atoms with Crippen LogP contribution < -0.4 is 0 Å². The Labute approximate surface area is 118 Å². The maximum atomic E-state index is 13.6. The minimum Gasteiger partial charge on any atom is -0.373 e. The molecule has 0 aromatic heterocycles. The molecule has 0 radical (unpaired) electrons. The summed E-state index contributed by atoms with van der Waals surface area (Å²) < 4.78 is 19.4. The summed E-state index contributed by atoms with van der Waals surface area (Å²) in [6, 6.07) is 4.69. The van der Waals surface area contributed by atoms with E-state index in [0.717, 1.165) is 19.4 Å². The standard InChI is InChI=1S/C16H20FNO2/c1-10-3-4-13(8-14(10)17)16(19)18-6-5-12-7-11(2)20-15(12)9-18/h3-4,8,11-12,15H,5-7,9H2,1-2H3/t11-,12+,15-/m0/s1. The van der Waals surface area contributed by atoms with Gasteiger partial charge in [0.1, 0.15) is 5.82 Å². The van der Waals surface area contributed by atoms with E-state index < -0.39 is 0 Å². The fourth-order valence-electron chi connectivity index (χ4n) is 3.26. The molecule has 0 bridgehead atoms. The molecule has 2 saturated heterocycles. The van der Waals surface area contributed by atoms with E-state index in [2.05, 4.69) is 6.92 Å². The Balaban J connectivity index is 1.73. The molecule has 108 valence electrons. The molecule has 20 heavy (non-hydrogen) atoms. The third-order valence-corrected chi connectivity index (χ3v) is 4.44. The number of benzene rings is 1. The topological polar surface area (TPSA) is 29.5 Å². The molecule has 0 unspecified atom stereocenters. The van der Waals surface area contributed by atoms with Gasteiger partial charge in [0.05, 0.1) is 12.2 Å². The Kier molecular flexibility index (Phi) is 3.50. The lowest BCUT2D eigenvalue weighted by atomic mass is 9.91. The van der Waals surface area contributed by atoms with Crippen LogP contribution >= 0.6 is 0 Å². The van der Waals surface area contributed by atoms with E-state index in [0.29, 0.717) is 23.6 Å². The number of ether oxygens (including phenoxy) is 1. The number of nitrogens with zero attached hydrogens (tertiary/aromatic N) is 1. The molecule has 2 fully saturated rings. The highest BCUT2D eigenvalue weighted by Crippen LogP contribution is 2.33. The Morgan fingerprint density at radius 2 is 2.25 bits per heavy atom. The molecule has 2 aliphatic rings. The van der Waals surface area contributed by atoms with Gasteiger partial charge in [0.2, 0.25) is 0 Å². The Morgan fingerprint density at radius 3 is 3.00 bits per heavy atom. The molecule has 2 heterocycles. The van der Waals surface area contributed by atoms with Crippen molar-refractivity contribution in [2.45, 2.75) is 38.9 Å². The molecule has 3 nitrogen and oxygen atoms in total. The number of amides is 1. The highest BCUT2D eigenvalue weighted by atomic mass is 19.1. The SMILES string of the molecule is Cc1ccc(C(=O)N2CC[C@@H]3C[C@H](C)O[C@H]3C2)cc1F. The summed E-state index contributed by atoms with van der Waals surface area (Å²) in [6.07, 6.45) is 2.51. The summed E-state index contributed by atoms with van der Waals surface area (Å²) in [5.74, 6) is 0.158. The molecule has 4 heteroatoms. The second kappa shape index (κ2) is 5.17. The first-order chi connectivity index (χ1) is 9.54. The summed E-state index contributed by atoms with van der Waals surface area (Å²) in [5.41, 5.74) is 0.991. The fourth-order valence-corrected chi connectivity index (χ4v) is 3.26. The predicted octanol–water partition coefficient (Wildman–Crippen LogP) is 2.77. The molecular formula is C16H20FNO2. The number of aryl methyl sites for hydroxylation is 1. The smallest absolute Gasteiger partial charge is 0.254 e. The van der Waals surface area contributed by atoms with Gasteiger partial charge in [-0.15, -0.1) is 0 Å². The molecule has 0 N–H and O–H groups in total. The molecule has 0 aliphatic carbocycles. The molecular weight excluding hydrogens is 257 g/mol. The van der Waals surface area contributed by atoms with E-state index in [-0.39, 0.29) is 23.9 Å². The Hall–Kier alpha value is -1.42. The summed E-state index contributed by atoms with van der Waals surface area (Å²) in [7, 11) is 0. The van der Waals surface area contributed by atoms with Gasteiger partial charge >= 0.3 is 0 Å². The van der Waals surface area contributed by atoms with Crippen LogP contribution in [0.1, 0.15) is 35.7 Å². The minimum absolute atomic E-state index is 0.0921. The van der Waals surface area contributed by atoms with Crippen molar-refractivity contribution in [3.63, 3.8) is 0 Å². The van der Waals surface area contributed by atoms with Crippen molar-refractivity contribution in [3.8, 4) is 0 Å². The van der Waals surface area contributed by atoms with Crippen LogP contribution in [0.25, 0.3) is 0 Å². The van der Waals surface area contributed by atoms with Crippen molar-refractivity contribution in [2.75, 3.05) is 13.1 Å². The van der Waals surface area contributed by atoms with Crippen LogP contribution in [0.15, 0.2) is 18.2 Å². The largest absolute Gasteiger partial charge is 0.373 e. The molecule has 1 amide bonds. The van der Waals surface area contributed by atoms with Gasteiger partial charge in [-0.05, 0) is 50.3 Å². The number of hydrogen-bond acceptors (Lipinski definition) is 2. The van der Waals surface area contributed by atoms with Crippen LogP contribution in [-0.4, -0.2) is 36.1 Å². The first-order valence-electron chi connectivity index (χ1n) is 7.25. The molecule has 1 aromatic rings. The Bertz CT molecular complexity index is 531. The van der Waals surface area contributed by atoms with Gasteiger partial charge in [0.25, 0.3) is 5.91 Å². The molecule has 1 aromatic carbocycles.